The van der Waals surface area contributed by atoms with Crippen molar-refractivity contribution in [3.8, 4) is 0 Å². The highest BCUT2D eigenvalue weighted by Crippen LogP contribution is 2.44. The summed E-state index contributed by atoms with van der Waals surface area (Å²) in [6.07, 6.45) is 0.490. The zero-order valence-corrected chi connectivity index (χ0v) is 15.6. The van der Waals surface area contributed by atoms with Crippen LogP contribution in [0.15, 0.2) is 40.7 Å². The Balaban J connectivity index is 1.94. The number of hydrogen-bond donors (Lipinski definition) is 1. The minimum atomic E-state index is -0.488. The summed E-state index contributed by atoms with van der Waals surface area (Å²) in [6.45, 7) is 2.29. The van der Waals surface area contributed by atoms with Crippen LogP contribution in [-0.2, 0) is 19.1 Å². The van der Waals surface area contributed by atoms with Gasteiger partial charge in [-0.3, -0.25) is 9.59 Å². The first-order valence-electron chi connectivity index (χ1n) is 8.46. The van der Waals surface area contributed by atoms with Gasteiger partial charge in [0.2, 0.25) is 0 Å². The van der Waals surface area contributed by atoms with Gasteiger partial charge in [0.25, 0.3) is 0 Å². The Hall–Kier alpha value is -1.66. The Bertz CT molecular complexity index is 874. The fourth-order valence-electron chi connectivity index (χ4n) is 3.79. The van der Waals surface area contributed by atoms with Crippen molar-refractivity contribution in [1.29, 1.82) is 0 Å². The van der Waals surface area contributed by atoms with Gasteiger partial charge in [-0.25, -0.2) is 0 Å². The van der Waals surface area contributed by atoms with E-state index < -0.39 is 5.92 Å². The Labute approximate surface area is 160 Å². The van der Waals surface area contributed by atoms with E-state index in [-0.39, 0.29) is 30.9 Å². The van der Waals surface area contributed by atoms with Crippen molar-refractivity contribution in [2.24, 2.45) is 0 Å². The zero-order valence-electron chi connectivity index (χ0n) is 14.1. The third-order valence-electron chi connectivity index (χ3n) is 4.94. The van der Waals surface area contributed by atoms with Gasteiger partial charge in [0.1, 0.15) is 13.2 Å². The number of nitrogens with one attached hydrogen (secondary N) is 1. The summed E-state index contributed by atoms with van der Waals surface area (Å²) in [6, 6.07) is 5.22. The van der Waals surface area contributed by atoms with E-state index in [0.29, 0.717) is 39.9 Å². The second kappa shape index (κ2) is 6.82. The topological polar surface area (TPSA) is 64.6 Å². The van der Waals surface area contributed by atoms with Gasteiger partial charge in [0.15, 0.2) is 11.6 Å². The molecular formula is C19H17Cl2NO4. The molecule has 3 heterocycles. The Morgan fingerprint density at radius 1 is 1.08 bits per heavy atom. The van der Waals surface area contributed by atoms with Crippen molar-refractivity contribution in [2.75, 3.05) is 19.8 Å². The predicted octanol–water partition coefficient (Wildman–Crippen LogP) is 3.17. The first-order chi connectivity index (χ1) is 12.5. The smallest absolute Gasteiger partial charge is 0.187 e. The van der Waals surface area contributed by atoms with E-state index in [9.17, 15) is 9.59 Å². The zero-order chi connectivity index (χ0) is 18.4. The standard InChI is InChI=1S/C19H17Cl2NO4/c1-2-15-19-18(14(24)8-26-15)16(9-3-4-10(20)11(21)5-9)17-12(22-19)6-25-7-13(17)23/h3-5,15-16,22H,2,6-8H2,1H3/t15-,16-/m1/s1. The normalized spacial score (nSPS) is 25.8. The lowest BCUT2D eigenvalue weighted by Gasteiger charge is -2.39. The molecule has 0 aromatic heterocycles. The minimum absolute atomic E-state index is 0.00282. The first kappa shape index (κ1) is 17.7. The number of carbonyl (C=O) groups is 2. The van der Waals surface area contributed by atoms with Crippen LogP contribution in [0.4, 0.5) is 0 Å². The van der Waals surface area contributed by atoms with Crippen LogP contribution in [0.2, 0.25) is 10.0 Å². The molecular weight excluding hydrogens is 377 g/mol. The quantitative estimate of drug-likeness (QED) is 0.835. The summed E-state index contributed by atoms with van der Waals surface area (Å²) < 4.78 is 11.1. The molecule has 3 aliphatic heterocycles. The van der Waals surface area contributed by atoms with E-state index in [0.717, 1.165) is 11.3 Å². The summed E-state index contributed by atoms with van der Waals surface area (Å²) in [4.78, 5) is 25.4. The highest BCUT2D eigenvalue weighted by molar-refractivity contribution is 6.42. The molecule has 0 spiro atoms. The van der Waals surface area contributed by atoms with Gasteiger partial charge >= 0.3 is 0 Å². The number of Topliss-reactive ketones (excluding diaryl/α,β-unsaturated/α-hetero) is 2. The monoisotopic (exact) mass is 393 g/mol. The van der Waals surface area contributed by atoms with Crippen LogP contribution in [0, 0.1) is 0 Å². The highest BCUT2D eigenvalue weighted by atomic mass is 35.5. The lowest BCUT2D eigenvalue weighted by atomic mass is 9.75. The molecule has 2 atom stereocenters. The average molecular weight is 394 g/mol. The van der Waals surface area contributed by atoms with Gasteiger partial charge in [-0.1, -0.05) is 36.2 Å². The van der Waals surface area contributed by atoms with Crippen LogP contribution >= 0.6 is 23.2 Å². The van der Waals surface area contributed by atoms with Crippen LogP contribution in [0.5, 0.6) is 0 Å². The predicted molar refractivity (Wildman–Crippen MR) is 97.3 cm³/mol. The number of halogens is 2. The Morgan fingerprint density at radius 3 is 2.58 bits per heavy atom. The van der Waals surface area contributed by atoms with E-state index in [4.69, 9.17) is 32.7 Å². The fraction of sp³-hybridized carbons (Fsp3) is 0.368. The number of benzene rings is 1. The van der Waals surface area contributed by atoms with Gasteiger partial charge in [0, 0.05) is 22.8 Å². The molecule has 0 radical (unpaired) electrons. The van der Waals surface area contributed by atoms with Crippen molar-refractivity contribution >= 4 is 34.8 Å². The van der Waals surface area contributed by atoms with Gasteiger partial charge < -0.3 is 14.8 Å². The molecule has 0 bridgehead atoms. The number of dihydropyridines is 1. The molecule has 0 saturated heterocycles. The number of ketones is 2. The van der Waals surface area contributed by atoms with E-state index in [1.54, 1.807) is 12.1 Å². The Kier molecular flexibility index (Phi) is 4.65. The molecule has 3 aliphatic rings. The number of ether oxygens (including phenoxy) is 2. The van der Waals surface area contributed by atoms with E-state index in [1.807, 2.05) is 13.0 Å². The molecule has 1 N–H and O–H groups in total. The average Bonchev–Trinajstić information content (AvgIpc) is 2.63. The van der Waals surface area contributed by atoms with Gasteiger partial charge in [-0.2, -0.15) is 0 Å². The number of rotatable bonds is 2. The van der Waals surface area contributed by atoms with E-state index >= 15 is 0 Å². The SMILES string of the molecule is CC[C@H]1OCC(=O)C2=C1NC1=C(C(=O)COC1)[C@H]2c1ccc(Cl)c(Cl)c1. The number of hydrogen-bond acceptors (Lipinski definition) is 5. The number of carbonyl (C=O) groups excluding carboxylic acids is 2. The molecule has 4 rings (SSSR count). The van der Waals surface area contributed by atoms with Crippen molar-refractivity contribution in [1.82, 2.24) is 5.32 Å². The Morgan fingerprint density at radius 2 is 1.85 bits per heavy atom. The summed E-state index contributed by atoms with van der Waals surface area (Å²) in [5.41, 5.74) is 3.32. The van der Waals surface area contributed by atoms with Gasteiger partial charge in [-0.05, 0) is 24.1 Å². The maximum atomic E-state index is 12.8. The van der Waals surface area contributed by atoms with Gasteiger partial charge in [-0.15, -0.1) is 0 Å². The van der Waals surface area contributed by atoms with Crippen molar-refractivity contribution < 1.29 is 19.1 Å². The maximum Gasteiger partial charge on any atom is 0.187 e. The second-order valence-corrected chi connectivity index (χ2v) is 7.31. The molecule has 1 aromatic rings. The van der Waals surface area contributed by atoms with Crippen LogP contribution in [-0.4, -0.2) is 37.5 Å². The molecule has 7 heteroatoms. The fourth-order valence-corrected chi connectivity index (χ4v) is 4.09. The summed E-state index contributed by atoms with van der Waals surface area (Å²) in [5, 5.41) is 4.07. The largest absolute Gasteiger partial charge is 0.367 e. The minimum Gasteiger partial charge on any atom is -0.367 e. The molecule has 1 aromatic carbocycles. The van der Waals surface area contributed by atoms with Crippen LogP contribution in [0.25, 0.3) is 0 Å². The van der Waals surface area contributed by atoms with Gasteiger partial charge in [0.05, 0.1) is 28.5 Å². The molecule has 0 saturated carbocycles. The lowest BCUT2D eigenvalue weighted by molar-refractivity contribution is -0.124. The van der Waals surface area contributed by atoms with E-state index in [1.165, 1.54) is 0 Å². The van der Waals surface area contributed by atoms with Crippen LogP contribution in [0.1, 0.15) is 24.8 Å². The molecule has 0 unspecified atom stereocenters. The molecule has 26 heavy (non-hydrogen) atoms. The van der Waals surface area contributed by atoms with Crippen molar-refractivity contribution in [2.45, 2.75) is 25.4 Å². The van der Waals surface area contributed by atoms with Crippen LogP contribution in [0.3, 0.4) is 0 Å². The second-order valence-electron chi connectivity index (χ2n) is 6.50. The summed E-state index contributed by atoms with van der Waals surface area (Å²) in [7, 11) is 0. The summed E-state index contributed by atoms with van der Waals surface area (Å²) in [5.74, 6) is -0.745. The van der Waals surface area contributed by atoms with Crippen molar-refractivity contribution in [3.05, 3.63) is 56.3 Å². The van der Waals surface area contributed by atoms with E-state index in [2.05, 4.69) is 5.32 Å². The lowest BCUT2D eigenvalue weighted by Crippen LogP contribution is -2.45. The summed E-state index contributed by atoms with van der Waals surface area (Å²) >= 11 is 12.3. The molecule has 136 valence electrons. The third kappa shape index (κ3) is 2.79. The molecule has 0 fully saturated rings. The van der Waals surface area contributed by atoms with Crippen LogP contribution < -0.4 is 5.32 Å². The molecule has 0 aliphatic carbocycles. The molecule has 5 nitrogen and oxygen atoms in total. The highest BCUT2D eigenvalue weighted by Gasteiger charge is 2.43. The first-order valence-corrected chi connectivity index (χ1v) is 9.21. The maximum absolute atomic E-state index is 12.8. The molecule has 0 amide bonds. The third-order valence-corrected chi connectivity index (χ3v) is 5.68. The van der Waals surface area contributed by atoms with Crippen molar-refractivity contribution in [3.63, 3.8) is 0 Å².